The zero-order chi connectivity index (χ0) is 21.2. The van der Waals surface area contributed by atoms with Crippen LogP contribution in [0.15, 0.2) is 64.3 Å². The van der Waals surface area contributed by atoms with Gasteiger partial charge in [-0.25, -0.2) is 9.37 Å². The number of anilines is 1. The number of nitrogens with zero attached hydrogens (tertiary/aromatic N) is 1. The van der Waals surface area contributed by atoms with Gasteiger partial charge in [-0.15, -0.1) is 11.3 Å². The molecule has 3 aromatic rings. The fraction of sp³-hybridized carbons (Fsp3) is 0.227. The summed E-state index contributed by atoms with van der Waals surface area (Å²) in [6.45, 7) is 0.628. The van der Waals surface area contributed by atoms with Gasteiger partial charge in [0.25, 0.3) is 0 Å². The second-order valence-corrected chi connectivity index (χ2v) is 8.64. The summed E-state index contributed by atoms with van der Waals surface area (Å²) < 4.78 is 13.6. The molecule has 1 aromatic heterocycles. The van der Waals surface area contributed by atoms with E-state index in [1.54, 1.807) is 0 Å². The van der Waals surface area contributed by atoms with Crippen LogP contribution in [-0.2, 0) is 22.4 Å². The normalized spacial score (nSPS) is 10.6. The van der Waals surface area contributed by atoms with E-state index in [1.165, 1.54) is 52.9 Å². The molecule has 2 aromatic carbocycles. The fourth-order valence-corrected chi connectivity index (χ4v) is 4.33. The summed E-state index contributed by atoms with van der Waals surface area (Å²) in [6.07, 6.45) is 2.04. The zero-order valence-electron chi connectivity index (χ0n) is 16.3. The number of halogens is 1. The Morgan fingerprint density at radius 3 is 2.57 bits per heavy atom. The van der Waals surface area contributed by atoms with Crippen LogP contribution in [0.3, 0.4) is 0 Å². The Kier molecular flexibility index (Phi) is 8.41. The number of nitrogens with one attached hydrogen (secondary N) is 2. The molecule has 0 bridgehead atoms. The number of aryl methyl sites for hydroxylation is 1. The number of rotatable bonds is 10. The van der Waals surface area contributed by atoms with Gasteiger partial charge in [-0.1, -0.05) is 42.1 Å². The number of thioether (sulfide) groups is 1. The molecule has 30 heavy (non-hydrogen) atoms. The third-order valence-electron chi connectivity index (χ3n) is 4.13. The van der Waals surface area contributed by atoms with E-state index in [1.807, 2.05) is 23.6 Å². The average Bonchev–Trinajstić information content (AvgIpc) is 3.19. The lowest BCUT2D eigenvalue weighted by molar-refractivity contribution is -0.120. The van der Waals surface area contributed by atoms with Crippen LogP contribution >= 0.6 is 23.1 Å². The Balaban J connectivity index is 1.34. The number of hydrogen-bond donors (Lipinski definition) is 2. The zero-order valence-corrected chi connectivity index (χ0v) is 17.9. The number of thiazole rings is 1. The molecule has 5 nitrogen and oxygen atoms in total. The number of aromatic nitrogens is 1. The van der Waals surface area contributed by atoms with Gasteiger partial charge in [0.15, 0.2) is 4.34 Å². The van der Waals surface area contributed by atoms with Crippen LogP contribution in [0.2, 0.25) is 0 Å². The van der Waals surface area contributed by atoms with Crippen molar-refractivity contribution in [3.63, 3.8) is 0 Å². The number of carbonyl (C=O) groups excluding carboxylic acids is 2. The Hall–Kier alpha value is -2.71. The van der Waals surface area contributed by atoms with Crippen molar-refractivity contribution in [3.8, 4) is 0 Å². The van der Waals surface area contributed by atoms with Gasteiger partial charge in [-0.2, -0.15) is 0 Å². The lowest BCUT2D eigenvalue weighted by atomic mass is 10.1. The van der Waals surface area contributed by atoms with E-state index < -0.39 is 0 Å². The van der Waals surface area contributed by atoms with Gasteiger partial charge in [0.1, 0.15) is 5.82 Å². The first-order valence-electron chi connectivity index (χ1n) is 9.52. The highest BCUT2D eigenvalue weighted by molar-refractivity contribution is 8.01. The maximum absolute atomic E-state index is 12.9. The second-order valence-electron chi connectivity index (χ2n) is 6.56. The van der Waals surface area contributed by atoms with E-state index in [9.17, 15) is 14.0 Å². The molecule has 3 rings (SSSR count). The minimum atomic E-state index is -0.349. The Bertz CT molecular complexity index is 962. The molecule has 0 aliphatic heterocycles. The van der Waals surface area contributed by atoms with Crippen molar-refractivity contribution in [1.82, 2.24) is 10.3 Å². The number of amides is 2. The smallest absolute Gasteiger partial charge is 0.234 e. The van der Waals surface area contributed by atoms with Gasteiger partial charge in [0.2, 0.25) is 11.8 Å². The summed E-state index contributed by atoms with van der Waals surface area (Å²) >= 11 is 2.72. The van der Waals surface area contributed by atoms with E-state index in [-0.39, 0.29) is 29.8 Å². The second kappa shape index (κ2) is 11.5. The summed E-state index contributed by atoms with van der Waals surface area (Å²) in [7, 11) is 0. The van der Waals surface area contributed by atoms with E-state index >= 15 is 0 Å². The van der Waals surface area contributed by atoms with Gasteiger partial charge in [0, 0.05) is 17.6 Å². The van der Waals surface area contributed by atoms with Crippen molar-refractivity contribution in [2.45, 2.75) is 23.6 Å². The summed E-state index contributed by atoms with van der Waals surface area (Å²) in [5, 5.41) is 7.46. The van der Waals surface area contributed by atoms with E-state index in [0.29, 0.717) is 17.9 Å². The lowest BCUT2D eigenvalue weighted by Crippen LogP contribution is -2.26. The predicted octanol–water partition coefficient (Wildman–Crippen LogP) is 4.30. The molecule has 2 amide bonds. The molecular weight excluding hydrogens is 421 g/mol. The van der Waals surface area contributed by atoms with Crippen molar-refractivity contribution in [1.29, 1.82) is 0 Å². The summed E-state index contributed by atoms with van der Waals surface area (Å²) in [5.74, 6) is -0.410. The average molecular weight is 444 g/mol. The highest BCUT2D eigenvalue weighted by atomic mass is 32.2. The minimum Gasteiger partial charge on any atom is -0.356 e. The molecule has 0 atom stereocenters. The number of benzene rings is 2. The number of carbonyl (C=O) groups is 2. The molecule has 0 saturated heterocycles. The first-order chi connectivity index (χ1) is 14.6. The first-order valence-corrected chi connectivity index (χ1v) is 11.4. The van der Waals surface area contributed by atoms with Gasteiger partial charge in [0.05, 0.1) is 17.9 Å². The summed E-state index contributed by atoms with van der Waals surface area (Å²) in [6, 6.07) is 15.8. The molecular formula is C22H22FN3O2S2. The lowest BCUT2D eigenvalue weighted by Gasteiger charge is -2.04. The first kappa shape index (κ1) is 22.0. The van der Waals surface area contributed by atoms with E-state index in [2.05, 4.69) is 27.8 Å². The monoisotopic (exact) mass is 443 g/mol. The maximum Gasteiger partial charge on any atom is 0.234 e. The fourth-order valence-electron chi connectivity index (χ4n) is 2.69. The minimum absolute atomic E-state index is 0.0565. The summed E-state index contributed by atoms with van der Waals surface area (Å²) in [5.41, 5.74) is 2.50. The third-order valence-corrected chi connectivity index (χ3v) is 6.20. The molecule has 0 unspecified atom stereocenters. The summed E-state index contributed by atoms with van der Waals surface area (Å²) in [4.78, 5) is 28.5. The van der Waals surface area contributed by atoms with Crippen LogP contribution in [0, 0.1) is 5.82 Å². The van der Waals surface area contributed by atoms with Crippen molar-refractivity contribution in [2.24, 2.45) is 0 Å². The molecule has 156 valence electrons. The predicted molar refractivity (Wildman–Crippen MR) is 119 cm³/mol. The molecule has 0 aliphatic carbocycles. The van der Waals surface area contributed by atoms with Crippen LogP contribution in [0.4, 0.5) is 10.1 Å². The molecule has 8 heteroatoms. The highest BCUT2D eigenvalue weighted by Crippen LogP contribution is 2.23. The topological polar surface area (TPSA) is 71.1 Å². The largest absolute Gasteiger partial charge is 0.356 e. The molecule has 1 heterocycles. The molecule has 0 saturated carbocycles. The Morgan fingerprint density at radius 2 is 1.80 bits per heavy atom. The van der Waals surface area contributed by atoms with Crippen molar-refractivity contribution < 1.29 is 14.0 Å². The van der Waals surface area contributed by atoms with Crippen LogP contribution in [-0.4, -0.2) is 29.1 Å². The molecule has 0 spiro atoms. The van der Waals surface area contributed by atoms with Gasteiger partial charge < -0.3 is 10.6 Å². The quantitative estimate of drug-likeness (QED) is 0.362. The van der Waals surface area contributed by atoms with Crippen LogP contribution in [0.1, 0.15) is 17.7 Å². The highest BCUT2D eigenvalue weighted by Gasteiger charge is 2.10. The van der Waals surface area contributed by atoms with Gasteiger partial charge >= 0.3 is 0 Å². The maximum atomic E-state index is 12.9. The molecule has 2 N–H and O–H groups in total. The van der Waals surface area contributed by atoms with Crippen LogP contribution < -0.4 is 10.6 Å². The Labute approximate surface area is 183 Å². The molecule has 0 radical (unpaired) electrons. The number of hydrogen-bond acceptors (Lipinski definition) is 5. The Morgan fingerprint density at radius 1 is 1.03 bits per heavy atom. The van der Waals surface area contributed by atoms with Crippen LogP contribution in [0.5, 0.6) is 0 Å². The van der Waals surface area contributed by atoms with Gasteiger partial charge in [-0.05, 0) is 42.7 Å². The third kappa shape index (κ3) is 7.61. The molecule has 0 aliphatic rings. The van der Waals surface area contributed by atoms with Crippen molar-refractivity contribution >= 4 is 40.6 Å². The standard InChI is InChI=1S/C22H22FN3O2S2/c23-17-8-10-18(11-9-17)25-21(28)15-30-22-26-19(14-29-22)13-20(27)24-12-4-7-16-5-2-1-3-6-16/h1-3,5-6,8-11,14H,4,7,12-13,15H2,(H,24,27)(H,25,28). The van der Waals surface area contributed by atoms with Crippen LogP contribution in [0.25, 0.3) is 0 Å². The molecule has 0 fully saturated rings. The van der Waals surface area contributed by atoms with E-state index in [4.69, 9.17) is 0 Å². The van der Waals surface area contributed by atoms with Crippen molar-refractivity contribution in [2.75, 3.05) is 17.6 Å². The van der Waals surface area contributed by atoms with Crippen molar-refractivity contribution in [3.05, 3.63) is 77.1 Å². The van der Waals surface area contributed by atoms with E-state index in [0.717, 1.165) is 17.2 Å². The SMILES string of the molecule is O=C(Cc1csc(SCC(=O)Nc2ccc(F)cc2)n1)NCCCc1ccccc1. The van der Waals surface area contributed by atoms with Gasteiger partial charge in [-0.3, -0.25) is 9.59 Å².